The summed E-state index contributed by atoms with van der Waals surface area (Å²) in [5, 5.41) is 0. The number of ether oxygens (including phenoxy) is 1. The Labute approximate surface area is 103 Å². The van der Waals surface area contributed by atoms with Crippen molar-refractivity contribution in [1.29, 1.82) is 0 Å². The lowest BCUT2D eigenvalue weighted by Gasteiger charge is -2.25. The highest BCUT2D eigenvalue weighted by atomic mass is 19.4. The Morgan fingerprint density at radius 1 is 1.39 bits per heavy atom. The molecule has 100 valence electrons. The van der Waals surface area contributed by atoms with Gasteiger partial charge >= 0.3 is 6.18 Å². The summed E-state index contributed by atoms with van der Waals surface area (Å²) in [5.74, 6) is -0.603. The van der Waals surface area contributed by atoms with Crippen molar-refractivity contribution in [1.82, 2.24) is 0 Å². The van der Waals surface area contributed by atoms with Crippen molar-refractivity contribution in [2.75, 3.05) is 7.11 Å². The number of halogens is 3. The first-order valence-electron chi connectivity index (χ1n) is 5.20. The normalized spacial score (nSPS) is 15.0. The molecule has 1 aromatic carbocycles. The molecular formula is C12H14F3NO2. The molecule has 0 spiro atoms. The van der Waals surface area contributed by atoms with Crippen molar-refractivity contribution in [2.45, 2.75) is 25.1 Å². The standard InChI is InChI=1S/C12H14F3NO2/c1-11(16,12(13,14)15)10(17)7-8-4-3-5-9(6-8)18-2/h3-6H,7,16H2,1-2H3. The fourth-order valence-corrected chi connectivity index (χ4v) is 1.31. The average molecular weight is 261 g/mol. The Morgan fingerprint density at radius 3 is 2.50 bits per heavy atom. The van der Waals surface area contributed by atoms with Crippen LogP contribution in [0.1, 0.15) is 12.5 Å². The van der Waals surface area contributed by atoms with Crippen molar-refractivity contribution >= 4 is 5.78 Å². The van der Waals surface area contributed by atoms with Gasteiger partial charge in [-0.3, -0.25) is 4.79 Å². The largest absolute Gasteiger partial charge is 0.497 e. The molecule has 0 bridgehead atoms. The van der Waals surface area contributed by atoms with Crippen LogP contribution in [-0.4, -0.2) is 24.6 Å². The number of alkyl halides is 3. The fourth-order valence-electron chi connectivity index (χ4n) is 1.31. The third-order valence-corrected chi connectivity index (χ3v) is 2.67. The van der Waals surface area contributed by atoms with Crippen LogP contribution in [0.15, 0.2) is 24.3 Å². The molecule has 2 N–H and O–H groups in total. The number of carbonyl (C=O) groups is 1. The van der Waals surface area contributed by atoms with E-state index in [0.29, 0.717) is 18.2 Å². The van der Waals surface area contributed by atoms with Gasteiger partial charge in [-0.1, -0.05) is 12.1 Å². The number of rotatable bonds is 4. The highest BCUT2D eigenvalue weighted by Gasteiger charge is 2.53. The fraction of sp³-hybridized carbons (Fsp3) is 0.417. The maximum absolute atomic E-state index is 12.6. The monoisotopic (exact) mass is 261 g/mol. The Bertz CT molecular complexity index is 441. The molecule has 0 radical (unpaired) electrons. The number of Topliss-reactive ketones (excluding diaryl/α,β-unsaturated/α-hetero) is 1. The van der Waals surface area contributed by atoms with E-state index in [0.717, 1.165) is 0 Å². The molecule has 0 aliphatic rings. The van der Waals surface area contributed by atoms with Gasteiger partial charge in [0.05, 0.1) is 7.11 Å². The van der Waals surface area contributed by atoms with Gasteiger partial charge < -0.3 is 10.5 Å². The predicted molar refractivity (Wildman–Crippen MR) is 60.4 cm³/mol. The van der Waals surface area contributed by atoms with Gasteiger partial charge in [-0.05, 0) is 24.6 Å². The van der Waals surface area contributed by atoms with Crippen LogP contribution in [-0.2, 0) is 11.2 Å². The summed E-state index contributed by atoms with van der Waals surface area (Å²) in [6.07, 6.45) is -5.15. The summed E-state index contributed by atoms with van der Waals surface area (Å²) in [7, 11) is 1.43. The molecule has 0 fully saturated rings. The SMILES string of the molecule is COc1cccc(CC(=O)C(C)(N)C(F)(F)F)c1. The van der Waals surface area contributed by atoms with Gasteiger partial charge in [-0.2, -0.15) is 13.2 Å². The van der Waals surface area contributed by atoms with Crippen molar-refractivity contribution in [3.8, 4) is 5.75 Å². The van der Waals surface area contributed by atoms with Crippen molar-refractivity contribution in [3.05, 3.63) is 29.8 Å². The third kappa shape index (κ3) is 3.01. The molecule has 0 amide bonds. The summed E-state index contributed by atoms with van der Waals surface area (Å²) in [6, 6.07) is 6.29. The first-order valence-corrected chi connectivity index (χ1v) is 5.20. The number of hydrogen-bond acceptors (Lipinski definition) is 3. The van der Waals surface area contributed by atoms with E-state index in [2.05, 4.69) is 0 Å². The molecule has 3 nitrogen and oxygen atoms in total. The molecule has 0 aromatic heterocycles. The maximum Gasteiger partial charge on any atom is 0.413 e. The molecule has 0 aliphatic heterocycles. The van der Waals surface area contributed by atoms with Gasteiger partial charge in [0.2, 0.25) is 0 Å². The number of methoxy groups -OCH3 is 1. The Morgan fingerprint density at radius 2 is 2.00 bits per heavy atom. The minimum atomic E-state index is -4.76. The molecule has 1 rings (SSSR count). The van der Waals surface area contributed by atoms with E-state index in [1.54, 1.807) is 18.2 Å². The third-order valence-electron chi connectivity index (χ3n) is 2.67. The van der Waals surface area contributed by atoms with Crippen molar-refractivity contribution < 1.29 is 22.7 Å². The molecule has 1 atom stereocenters. The smallest absolute Gasteiger partial charge is 0.413 e. The summed E-state index contributed by atoms with van der Waals surface area (Å²) in [6.45, 7) is 0.676. The van der Waals surface area contributed by atoms with Gasteiger partial charge in [-0.15, -0.1) is 0 Å². The topological polar surface area (TPSA) is 52.3 Å². The van der Waals surface area contributed by atoms with Crippen LogP contribution in [0.3, 0.4) is 0 Å². The molecule has 0 saturated carbocycles. The average Bonchev–Trinajstić information content (AvgIpc) is 2.27. The number of carbonyl (C=O) groups excluding carboxylic acids is 1. The van der Waals surface area contributed by atoms with Crippen LogP contribution in [0, 0.1) is 0 Å². The van der Waals surface area contributed by atoms with Crippen molar-refractivity contribution in [3.63, 3.8) is 0 Å². The van der Waals surface area contributed by atoms with Crippen LogP contribution >= 0.6 is 0 Å². The number of ketones is 1. The van der Waals surface area contributed by atoms with E-state index in [4.69, 9.17) is 10.5 Å². The molecule has 1 unspecified atom stereocenters. The van der Waals surface area contributed by atoms with Crippen LogP contribution < -0.4 is 10.5 Å². The van der Waals surface area contributed by atoms with Gasteiger partial charge in [0, 0.05) is 6.42 Å². The molecule has 18 heavy (non-hydrogen) atoms. The van der Waals surface area contributed by atoms with Crippen LogP contribution in [0.2, 0.25) is 0 Å². The van der Waals surface area contributed by atoms with Crippen molar-refractivity contribution in [2.24, 2.45) is 5.73 Å². The Balaban J connectivity index is 2.88. The second-order valence-electron chi connectivity index (χ2n) is 4.15. The summed E-state index contributed by atoms with van der Waals surface area (Å²) >= 11 is 0. The predicted octanol–water partition coefficient (Wildman–Crippen LogP) is 2.09. The lowest BCUT2D eigenvalue weighted by atomic mass is 9.92. The van der Waals surface area contributed by atoms with E-state index in [-0.39, 0.29) is 6.42 Å². The zero-order valence-corrected chi connectivity index (χ0v) is 10.0. The first kappa shape index (κ1) is 14.5. The lowest BCUT2D eigenvalue weighted by molar-refractivity contribution is -0.185. The van der Waals surface area contributed by atoms with Gasteiger partial charge in [-0.25, -0.2) is 0 Å². The second kappa shape index (κ2) is 4.97. The summed E-state index contributed by atoms with van der Waals surface area (Å²) in [4.78, 5) is 11.6. The minimum Gasteiger partial charge on any atom is -0.497 e. The van der Waals surface area contributed by atoms with E-state index in [1.165, 1.54) is 13.2 Å². The Kier molecular flexibility index (Phi) is 4.01. The zero-order chi connectivity index (χ0) is 14.0. The van der Waals surface area contributed by atoms with E-state index in [9.17, 15) is 18.0 Å². The number of hydrogen-bond donors (Lipinski definition) is 1. The molecule has 0 aliphatic carbocycles. The molecule has 0 heterocycles. The molecular weight excluding hydrogens is 247 g/mol. The van der Waals surface area contributed by atoms with Crippen LogP contribution in [0.25, 0.3) is 0 Å². The first-order chi connectivity index (χ1) is 8.18. The van der Waals surface area contributed by atoms with Gasteiger partial charge in [0.1, 0.15) is 5.75 Å². The van der Waals surface area contributed by atoms with Gasteiger partial charge in [0.15, 0.2) is 11.3 Å². The zero-order valence-electron chi connectivity index (χ0n) is 10.0. The van der Waals surface area contributed by atoms with Crippen LogP contribution in [0.4, 0.5) is 13.2 Å². The van der Waals surface area contributed by atoms with E-state index < -0.39 is 17.5 Å². The summed E-state index contributed by atoms with van der Waals surface area (Å²) in [5.41, 5.74) is 2.64. The van der Waals surface area contributed by atoms with E-state index >= 15 is 0 Å². The van der Waals surface area contributed by atoms with E-state index in [1.807, 2.05) is 0 Å². The second-order valence-corrected chi connectivity index (χ2v) is 4.15. The minimum absolute atomic E-state index is 0.385. The lowest BCUT2D eigenvalue weighted by Crippen LogP contribution is -2.57. The molecule has 0 saturated heterocycles. The number of benzene rings is 1. The molecule has 1 aromatic rings. The van der Waals surface area contributed by atoms with Gasteiger partial charge in [0.25, 0.3) is 0 Å². The van der Waals surface area contributed by atoms with Crippen LogP contribution in [0.5, 0.6) is 5.75 Å². The Hall–Kier alpha value is -1.56. The quantitative estimate of drug-likeness (QED) is 0.902. The summed E-state index contributed by atoms with van der Waals surface area (Å²) < 4.78 is 42.6. The molecule has 6 heteroatoms. The highest BCUT2D eigenvalue weighted by molar-refractivity contribution is 5.90. The maximum atomic E-state index is 12.6. The number of nitrogens with two attached hydrogens (primary N) is 1. The highest BCUT2D eigenvalue weighted by Crippen LogP contribution is 2.29.